The van der Waals surface area contributed by atoms with Crippen LogP contribution in [0.15, 0.2) is 71.1 Å². The van der Waals surface area contributed by atoms with Crippen LogP contribution in [-0.2, 0) is 6.61 Å². The van der Waals surface area contributed by atoms with Gasteiger partial charge in [0.15, 0.2) is 5.76 Å². The standard InChI is InChI=1S/C22H21FN2O3/c23-17-6-8-19(9-7-17)27-16-20-10-11-21(28-20)22(26)25-14-12-24(13-15-25)18-4-2-1-3-5-18/h1-11H,12-16H2. The molecule has 1 saturated heterocycles. The summed E-state index contributed by atoms with van der Waals surface area (Å²) in [6.07, 6.45) is 0. The highest BCUT2D eigenvalue weighted by atomic mass is 19.1. The number of carbonyl (C=O) groups excluding carboxylic acids is 1. The number of rotatable bonds is 5. The van der Waals surface area contributed by atoms with Crippen LogP contribution in [0.4, 0.5) is 10.1 Å². The van der Waals surface area contributed by atoms with Gasteiger partial charge >= 0.3 is 0 Å². The Morgan fingerprint density at radius 3 is 2.36 bits per heavy atom. The summed E-state index contributed by atoms with van der Waals surface area (Å²) in [4.78, 5) is 16.8. The van der Waals surface area contributed by atoms with Crippen LogP contribution in [-0.4, -0.2) is 37.0 Å². The van der Waals surface area contributed by atoms with Crippen molar-refractivity contribution >= 4 is 11.6 Å². The van der Waals surface area contributed by atoms with Crippen molar-refractivity contribution in [1.82, 2.24) is 4.90 Å². The fraction of sp³-hybridized carbons (Fsp3) is 0.227. The second-order valence-corrected chi connectivity index (χ2v) is 6.62. The van der Waals surface area contributed by atoms with E-state index in [2.05, 4.69) is 17.0 Å². The van der Waals surface area contributed by atoms with E-state index in [-0.39, 0.29) is 18.3 Å². The van der Waals surface area contributed by atoms with Crippen LogP contribution in [0.5, 0.6) is 5.75 Å². The van der Waals surface area contributed by atoms with Gasteiger partial charge in [-0.15, -0.1) is 0 Å². The third kappa shape index (κ3) is 4.17. The fourth-order valence-corrected chi connectivity index (χ4v) is 3.22. The van der Waals surface area contributed by atoms with Crippen LogP contribution >= 0.6 is 0 Å². The number of carbonyl (C=O) groups is 1. The first-order valence-corrected chi connectivity index (χ1v) is 9.25. The van der Waals surface area contributed by atoms with Crippen LogP contribution in [0.25, 0.3) is 0 Å². The van der Waals surface area contributed by atoms with E-state index in [0.29, 0.717) is 30.4 Å². The minimum atomic E-state index is -0.314. The zero-order valence-electron chi connectivity index (χ0n) is 15.4. The zero-order valence-corrected chi connectivity index (χ0v) is 15.4. The van der Waals surface area contributed by atoms with Crippen molar-refractivity contribution in [3.8, 4) is 5.75 Å². The Hall–Kier alpha value is -3.28. The summed E-state index contributed by atoms with van der Waals surface area (Å²) in [6.45, 7) is 3.06. The fourth-order valence-electron chi connectivity index (χ4n) is 3.22. The molecule has 0 unspecified atom stereocenters. The molecule has 1 aromatic heterocycles. The summed E-state index contributed by atoms with van der Waals surface area (Å²) in [6, 6.07) is 19.4. The van der Waals surface area contributed by atoms with Gasteiger partial charge in [-0.3, -0.25) is 4.79 Å². The number of para-hydroxylation sites is 1. The van der Waals surface area contributed by atoms with Gasteiger partial charge in [0.1, 0.15) is 23.9 Å². The first-order valence-electron chi connectivity index (χ1n) is 9.25. The van der Waals surface area contributed by atoms with Crippen LogP contribution in [0, 0.1) is 5.82 Å². The highest BCUT2D eigenvalue weighted by molar-refractivity contribution is 5.91. The Labute approximate surface area is 162 Å². The lowest BCUT2D eigenvalue weighted by Crippen LogP contribution is -2.48. The molecule has 0 radical (unpaired) electrons. The Bertz CT molecular complexity index is 916. The molecule has 0 saturated carbocycles. The molecule has 1 aliphatic rings. The van der Waals surface area contributed by atoms with Gasteiger partial charge in [-0.1, -0.05) is 18.2 Å². The number of hydrogen-bond acceptors (Lipinski definition) is 4. The maximum atomic E-state index is 12.9. The number of amides is 1. The smallest absolute Gasteiger partial charge is 0.289 e. The first kappa shape index (κ1) is 18.1. The molecule has 1 fully saturated rings. The Morgan fingerprint density at radius 1 is 0.929 bits per heavy atom. The van der Waals surface area contributed by atoms with Crippen LogP contribution in [0.3, 0.4) is 0 Å². The second kappa shape index (κ2) is 8.17. The Morgan fingerprint density at radius 2 is 1.64 bits per heavy atom. The van der Waals surface area contributed by atoms with E-state index in [9.17, 15) is 9.18 Å². The molecule has 0 spiro atoms. The highest BCUT2D eigenvalue weighted by Gasteiger charge is 2.24. The lowest BCUT2D eigenvalue weighted by Gasteiger charge is -2.35. The van der Waals surface area contributed by atoms with Gasteiger partial charge in [0, 0.05) is 31.9 Å². The lowest BCUT2D eigenvalue weighted by molar-refractivity contribution is 0.0710. The number of benzene rings is 2. The van der Waals surface area contributed by atoms with E-state index >= 15 is 0 Å². The number of piperazine rings is 1. The summed E-state index contributed by atoms with van der Waals surface area (Å²) in [5, 5.41) is 0. The second-order valence-electron chi connectivity index (χ2n) is 6.62. The Kier molecular flexibility index (Phi) is 5.28. The van der Waals surface area contributed by atoms with Crippen molar-refractivity contribution in [3.05, 3.63) is 84.1 Å². The zero-order chi connectivity index (χ0) is 19.3. The van der Waals surface area contributed by atoms with Crippen LogP contribution < -0.4 is 9.64 Å². The molecule has 0 N–H and O–H groups in total. The minimum absolute atomic E-state index is 0.110. The monoisotopic (exact) mass is 380 g/mol. The molecular weight excluding hydrogens is 359 g/mol. The van der Waals surface area contributed by atoms with Gasteiger partial charge in [-0.25, -0.2) is 4.39 Å². The average molecular weight is 380 g/mol. The molecule has 0 atom stereocenters. The summed E-state index contributed by atoms with van der Waals surface area (Å²) < 4.78 is 24.1. The average Bonchev–Trinajstić information content (AvgIpc) is 3.23. The number of hydrogen-bond donors (Lipinski definition) is 0. The van der Waals surface area contributed by atoms with Gasteiger partial charge < -0.3 is 19.0 Å². The van der Waals surface area contributed by atoms with E-state index in [1.165, 1.54) is 17.8 Å². The molecule has 2 heterocycles. The third-order valence-corrected chi connectivity index (χ3v) is 4.76. The molecule has 0 aliphatic carbocycles. The lowest BCUT2D eigenvalue weighted by atomic mass is 10.2. The molecular formula is C22H21FN2O3. The molecule has 2 aromatic carbocycles. The van der Waals surface area contributed by atoms with Crippen molar-refractivity contribution in [2.24, 2.45) is 0 Å². The first-order chi connectivity index (χ1) is 13.7. The van der Waals surface area contributed by atoms with Crippen molar-refractivity contribution in [3.63, 3.8) is 0 Å². The predicted molar refractivity (Wildman–Crippen MR) is 104 cm³/mol. The van der Waals surface area contributed by atoms with E-state index in [1.54, 1.807) is 24.3 Å². The van der Waals surface area contributed by atoms with Gasteiger partial charge in [-0.05, 0) is 48.5 Å². The normalized spacial score (nSPS) is 14.2. The molecule has 1 aliphatic heterocycles. The van der Waals surface area contributed by atoms with Crippen molar-refractivity contribution in [2.45, 2.75) is 6.61 Å². The van der Waals surface area contributed by atoms with Gasteiger partial charge in [0.2, 0.25) is 0 Å². The van der Waals surface area contributed by atoms with E-state index in [0.717, 1.165) is 13.1 Å². The van der Waals surface area contributed by atoms with E-state index < -0.39 is 0 Å². The maximum Gasteiger partial charge on any atom is 0.289 e. The quantitative estimate of drug-likeness (QED) is 0.672. The van der Waals surface area contributed by atoms with E-state index in [4.69, 9.17) is 9.15 Å². The minimum Gasteiger partial charge on any atom is -0.486 e. The van der Waals surface area contributed by atoms with Crippen LogP contribution in [0.1, 0.15) is 16.3 Å². The van der Waals surface area contributed by atoms with Crippen molar-refractivity contribution < 1.29 is 18.3 Å². The molecule has 3 aromatic rings. The summed E-state index contributed by atoms with van der Waals surface area (Å²) in [5.74, 6) is 0.982. The van der Waals surface area contributed by atoms with Gasteiger partial charge in [0.05, 0.1) is 0 Å². The summed E-state index contributed by atoms with van der Waals surface area (Å²) in [5.41, 5.74) is 1.17. The summed E-state index contributed by atoms with van der Waals surface area (Å²) >= 11 is 0. The number of furan rings is 1. The molecule has 5 nitrogen and oxygen atoms in total. The topological polar surface area (TPSA) is 45.9 Å². The highest BCUT2D eigenvalue weighted by Crippen LogP contribution is 2.19. The Balaban J connectivity index is 1.31. The summed E-state index contributed by atoms with van der Waals surface area (Å²) in [7, 11) is 0. The molecule has 144 valence electrons. The largest absolute Gasteiger partial charge is 0.486 e. The number of halogens is 1. The van der Waals surface area contributed by atoms with Crippen LogP contribution in [0.2, 0.25) is 0 Å². The third-order valence-electron chi connectivity index (χ3n) is 4.76. The SMILES string of the molecule is O=C(c1ccc(COc2ccc(F)cc2)o1)N1CCN(c2ccccc2)CC1. The molecule has 4 rings (SSSR count). The number of anilines is 1. The molecule has 1 amide bonds. The van der Waals surface area contributed by atoms with Crippen molar-refractivity contribution in [1.29, 1.82) is 0 Å². The molecule has 28 heavy (non-hydrogen) atoms. The number of nitrogens with zero attached hydrogens (tertiary/aromatic N) is 2. The van der Waals surface area contributed by atoms with Gasteiger partial charge in [-0.2, -0.15) is 0 Å². The van der Waals surface area contributed by atoms with Crippen molar-refractivity contribution in [2.75, 3.05) is 31.1 Å². The molecule has 6 heteroatoms. The van der Waals surface area contributed by atoms with E-state index in [1.807, 2.05) is 23.1 Å². The maximum absolute atomic E-state index is 12.9. The number of ether oxygens (including phenoxy) is 1. The molecule has 0 bridgehead atoms. The predicted octanol–water partition coefficient (Wildman–Crippen LogP) is 3.96. The van der Waals surface area contributed by atoms with Gasteiger partial charge in [0.25, 0.3) is 5.91 Å².